The number of ketones is 2. The highest BCUT2D eigenvalue weighted by atomic mass is 16.7. The van der Waals surface area contributed by atoms with Crippen molar-refractivity contribution < 1.29 is 62.6 Å². The summed E-state index contributed by atoms with van der Waals surface area (Å²) < 4.78 is 36.3. The number of carbonyl (C=O) groups is 5. The van der Waals surface area contributed by atoms with Crippen molar-refractivity contribution in [1.29, 1.82) is 0 Å². The molecule has 12 atom stereocenters. The first-order valence-corrected chi connectivity index (χ1v) is 20.3. The Bertz CT molecular complexity index is 2080. The molecule has 3 saturated carbocycles. The number of esters is 3. The van der Waals surface area contributed by atoms with Gasteiger partial charge in [-0.1, -0.05) is 99.6 Å². The molecule has 1 saturated heterocycles. The highest BCUT2D eigenvalue weighted by Gasteiger charge is 2.79. The van der Waals surface area contributed by atoms with E-state index in [0.29, 0.717) is 5.56 Å². The van der Waals surface area contributed by atoms with Gasteiger partial charge in [-0.05, 0) is 30.2 Å². The first-order chi connectivity index (χ1) is 28.5. The van der Waals surface area contributed by atoms with Crippen molar-refractivity contribution in [2.24, 2.45) is 34.3 Å². The maximum absolute atomic E-state index is 15.0. The van der Waals surface area contributed by atoms with Crippen molar-refractivity contribution in [2.45, 2.75) is 102 Å². The average Bonchev–Trinajstić information content (AvgIpc) is 3.22. The van der Waals surface area contributed by atoms with Crippen LogP contribution in [0.5, 0.6) is 0 Å². The van der Waals surface area contributed by atoms with Crippen molar-refractivity contribution in [3.63, 3.8) is 0 Å². The predicted molar refractivity (Wildman–Crippen MR) is 212 cm³/mol. The zero-order valence-electron chi connectivity index (χ0n) is 34.4. The van der Waals surface area contributed by atoms with E-state index in [2.05, 4.69) is 0 Å². The minimum Gasteiger partial charge on any atom is -0.460 e. The van der Waals surface area contributed by atoms with Crippen LogP contribution in [0, 0.1) is 28.6 Å². The van der Waals surface area contributed by atoms with E-state index in [4.69, 9.17) is 34.2 Å². The molecule has 0 spiro atoms. The molecule has 14 heteroatoms. The second-order valence-electron chi connectivity index (χ2n) is 17.4. The van der Waals surface area contributed by atoms with Gasteiger partial charge in [0.25, 0.3) is 0 Å². The van der Waals surface area contributed by atoms with E-state index < -0.39 is 112 Å². The number of hydrogen-bond donors (Lipinski definition) is 3. The molecule has 4 N–H and O–H groups in total. The van der Waals surface area contributed by atoms with Gasteiger partial charge in [-0.3, -0.25) is 14.4 Å². The third kappa shape index (κ3) is 7.26. The normalized spacial score (nSPS) is 34.0. The molecule has 0 aromatic heterocycles. The number of benzene rings is 3. The number of hydrogen-bond acceptors (Lipinski definition) is 14. The fourth-order valence-corrected chi connectivity index (χ4v) is 10.3. The number of aliphatic hydroxyl groups excluding tert-OH is 1. The van der Waals surface area contributed by atoms with Gasteiger partial charge in [0, 0.05) is 37.0 Å². The summed E-state index contributed by atoms with van der Waals surface area (Å²) >= 11 is 0. The summed E-state index contributed by atoms with van der Waals surface area (Å²) in [7, 11) is 0. The van der Waals surface area contributed by atoms with Gasteiger partial charge in [0.2, 0.25) is 11.6 Å². The molecule has 1 aliphatic heterocycles. The smallest absolute Gasteiger partial charge is 0.338 e. The molecular formula is C46H53NO13. The van der Waals surface area contributed by atoms with Crippen LogP contribution in [0.3, 0.4) is 0 Å². The molecule has 60 heavy (non-hydrogen) atoms. The summed E-state index contributed by atoms with van der Waals surface area (Å²) in [5, 5.41) is 25.4. The van der Waals surface area contributed by atoms with Crippen LogP contribution >= 0.6 is 0 Å². The summed E-state index contributed by atoms with van der Waals surface area (Å²) in [4.78, 5) is 71.4. The summed E-state index contributed by atoms with van der Waals surface area (Å²) in [6.07, 6.45) is -7.59. The number of fused-ring (bicyclic) bond motifs is 5. The zero-order valence-corrected chi connectivity index (χ0v) is 34.4. The van der Waals surface area contributed by atoms with E-state index >= 15 is 0 Å². The van der Waals surface area contributed by atoms with Crippen molar-refractivity contribution in [2.75, 3.05) is 13.4 Å². The number of carbonyl (C=O) groups excluding carboxylic acids is 5. The van der Waals surface area contributed by atoms with E-state index in [1.807, 2.05) is 30.3 Å². The van der Waals surface area contributed by atoms with E-state index in [1.165, 1.54) is 26.0 Å². The van der Waals surface area contributed by atoms with Crippen molar-refractivity contribution in [3.05, 3.63) is 108 Å². The number of rotatable bonds is 12. The minimum atomic E-state index is -2.29. The van der Waals surface area contributed by atoms with Crippen LogP contribution in [-0.4, -0.2) is 94.8 Å². The van der Waals surface area contributed by atoms with Gasteiger partial charge in [-0.2, -0.15) is 0 Å². The standard InChI is InChI=1S/C46H53NO13/c1-26-31(58-42(53)37(35(47)29-17-11-7-12-18-29)57-25-55-23-28-15-9-6-10-16-28)22-46(54)40(59-41(52)30-19-13-8-14-20-30)38-44(5,39(51)36(50)34(26)43(46,3)4)32(49)21-33-45(38,24-56-33)60-27(2)48/h6-20,26,31-35,37-38,40,49,54H,21-25,47H2,1-5H3/t26?,31-,32-,33+,34?,35?,37+,38-,40-,44+,45-,46+/m0/s1. The summed E-state index contributed by atoms with van der Waals surface area (Å²) in [6.45, 7) is 6.95. The lowest BCUT2D eigenvalue weighted by Gasteiger charge is -2.67. The fourth-order valence-electron chi connectivity index (χ4n) is 10.3. The van der Waals surface area contributed by atoms with Crippen molar-refractivity contribution in [1.82, 2.24) is 0 Å². The second kappa shape index (κ2) is 16.6. The predicted octanol–water partition coefficient (Wildman–Crippen LogP) is 4.04. The third-order valence-corrected chi connectivity index (χ3v) is 13.7. The quantitative estimate of drug-likeness (QED) is 0.0775. The molecule has 3 unspecified atom stereocenters. The molecule has 4 aliphatic rings. The molecule has 1 heterocycles. The Morgan fingerprint density at radius 3 is 2.13 bits per heavy atom. The summed E-state index contributed by atoms with van der Waals surface area (Å²) in [5.74, 6) is -8.24. The van der Waals surface area contributed by atoms with Gasteiger partial charge < -0.3 is 44.4 Å². The molecule has 0 radical (unpaired) electrons. The zero-order chi connectivity index (χ0) is 43.2. The monoisotopic (exact) mass is 827 g/mol. The first kappa shape index (κ1) is 43.3. The van der Waals surface area contributed by atoms with Gasteiger partial charge in [-0.15, -0.1) is 0 Å². The summed E-state index contributed by atoms with van der Waals surface area (Å²) in [6, 6.07) is 25.0. The number of Topliss-reactive ketones (excluding diaryl/α,β-unsaturated/α-hetero) is 2. The van der Waals surface area contributed by atoms with Crippen LogP contribution in [0.1, 0.15) is 75.0 Å². The molecule has 4 fully saturated rings. The van der Waals surface area contributed by atoms with Gasteiger partial charge in [0.15, 0.2) is 11.7 Å². The number of ether oxygens (including phenoxy) is 6. The van der Waals surface area contributed by atoms with Gasteiger partial charge >= 0.3 is 17.9 Å². The van der Waals surface area contributed by atoms with Crippen LogP contribution in [-0.2, 0) is 54.2 Å². The van der Waals surface area contributed by atoms with Crippen LogP contribution in [0.2, 0.25) is 0 Å². The molecule has 14 nitrogen and oxygen atoms in total. The highest BCUT2D eigenvalue weighted by molar-refractivity contribution is 6.40. The maximum Gasteiger partial charge on any atom is 0.338 e. The Labute approximate surface area is 348 Å². The Morgan fingerprint density at radius 1 is 0.917 bits per heavy atom. The van der Waals surface area contributed by atoms with Crippen LogP contribution in [0.4, 0.5) is 0 Å². The maximum atomic E-state index is 15.0. The molecule has 320 valence electrons. The van der Waals surface area contributed by atoms with Gasteiger partial charge in [0.1, 0.15) is 30.7 Å². The van der Waals surface area contributed by atoms with E-state index in [0.717, 1.165) is 5.56 Å². The topological polar surface area (TPSA) is 207 Å². The Balaban J connectivity index is 1.30. The van der Waals surface area contributed by atoms with E-state index in [9.17, 15) is 34.2 Å². The third-order valence-electron chi connectivity index (χ3n) is 13.7. The fraction of sp³-hybridized carbons (Fsp3) is 0.500. The van der Waals surface area contributed by atoms with Gasteiger partial charge in [-0.25, -0.2) is 9.59 Å². The van der Waals surface area contributed by atoms with Crippen molar-refractivity contribution >= 4 is 29.5 Å². The number of nitrogens with two attached hydrogens (primary N) is 1. The average molecular weight is 828 g/mol. The highest BCUT2D eigenvalue weighted by Crippen LogP contribution is 2.64. The van der Waals surface area contributed by atoms with Crippen molar-refractivity contribution in [3.8, 4) is 0 Å². The SMILES string of the molecule is CC(=O)O[C@@]12CO[C@@H]1C[C@H](O)[C@@]1(C)C(=O)C(=O)C3C(C)[C@@H](OC(=O)[C@H](OCOCc4ccccc4)C(N)c4ccccc4)C[C@@](O)([C@@H](OC(=O)c4ccccc4)[C@H]21)C3(C)C. The van der Waals surface area contributed by atoms with Crippen LogP contribution in [0.25, 0.3) is 0 Å². The molecule has 0 amide bonds. The Kier molecular flexibility index (Phi) is 11.9. The molecule has 3 aromatic carbocycles. The molecule has 2 bridgehead atoms. The van der Waals surface area contributed by atoms with E-state index in [1.54, 1.807) is 69.3 Å². The Hall–Kier alpha value is -4.83. The Morgan fingerprint density at radius 2 is 1.53 bits per heavy atom. The molecular weight excluding hydrogens is 774 g/mol. The molecule has 3 aliphatic carbocycles. The first-order valence-electron chi connectivity index (χ1n) is 20.3. The molecule has 3 aromatic rings. The second-order valence-corrected chi connectivity index (χ2v) is 17.4. The number of aliphatic hydroxyl groups is 2. The lowest BCUT2D eigenvalue weighted by atomic mass is 9.42. The summed E-state index contributed by atoms with van der Waals surface area (Å²) in [5.41, 5.74) is 0.608. The lowest BCUT2D eigenvalue weighted by Crippen LogP contribution is -2.82. The largest absolute Gasteiger partial charge is 0.460 e. The minimum absolute atomic E-state index is 0.109. The molecule has 7 rings (SSSR count). The van der Waals surface area contributed by atoms with Crippen LogP contribution in [0.15, 0.2) is 91.0 Å². The van der Waals surface area contributed by atoms with Crippen LogP contribution < -0.4 is 5.73 Å². The lowest BCUT2D eigenvalue weighted by molar-refractivity contribution is -0.350. The van der Waals surface area contributed by atoms with Gasteiger partial charge in [0.05, 0.1) is 42.3 Å². The van der Waals surface area contributed by atoms with E-state index in [-0.39, 0.29) is 32.0 Å².